The molecule has 6 nitrogen and oxygen atoms in total. The Morgan fingerprint density at radius 2 is 2.00 bits per heavy atom. The van der Waals surface area contributed by atoms with Gasteiger partial charge in [0.15, 0.2) is 18.1 Å². The average molecular weight is 343 g/mol. The molecular formula is C16H23ClN2O4. The van der Waals surface area contributed by atoms with Crippen molar-refractivity contribution in [1.82, 2.24) is 5.32 Å². The SMILES string of the molecule is COc1cc(/C=N\OCC(=O)N[C@H](C)C(C)C)cc(Cl)c1OC. The van der Waals surface area contributed by atoms with Crippen molar-refractivity contribution in [3.8, 4) is 11.5 Å². The van der Waals surface area contributed by atoms with Gasteiger partial charge in [-0.25, -0.2) is 0 Å². The Hall–Kier alpha value is -1.95. The lowest BCUT2D eigenvalue weighted by molar-refractivity contribution is -0.126. The molecule has 0 heterocycles. The molecule has 0 bridgehead atoms. The number of ether oxygens (including phenoxy) is 2. The fraction of sp³-hybridized carbons (Fsp3) is 0.500. The molecule has 0 radical (unpaired) electrons. The van der Waals surface area contributed by atoms with E-state index in [1.807, 2.05) is 20.8 Å². The minimum absolute atomic E-state index is 0.0831. The molecule has 0 aliphatic heterocycles. The number of amides is 1. The van der Waals surface area contributed by atoms with Crippen molar-refractivity contribution in [2.45, 2.75) is 26.8 Å². The molecule has 0 saturated carbocycles. The van der Waals surface area contributed by atoms with Crippen molar-refractivity contribution in [2.24, 2.45) is 11.1 Å². The second-order valence-electron chi connectivity index (χ2n) is 5.35. The van der Waals surface area contributed by atoms with Gasteiger partial charge in [-0.05, 0) is 25.0 Å². The third-order valence-electron chi connectivity index (χ3n) is 3.32. The molecule has 0 aliphatic rings. The smallest absolute Gasteiger partial charge is 0.260 e. The first-order valence-electron chi connectivity index (χ1n) is 7.25. The van der Waals surface area contributed by atoms with E-state index in [9.17, 15) is 4.79 Å². The zero-order chi connectivity index (χ0) is 17.4. The van der Waals surface area contributed by atoms with Gasteiger partial charge in [0, 0.05) is 11.6 Å². The summed E-state index contributed by atoms with van der Waals surface area (Å²) < 4.78 is 10.3. The number of carbonyl (C=O) groups excluding carboxylic acids is 1. The standard InChI is InChI=1S/C16H23ClN2O4/c1-10(2)11(3)19-15(20)9-23-18-8-12-6-13(17)16(22-5)14(7-12)21-4/h6-8,10-11H,9H2,1-5H3,(H,19,20)/b18-8-/t11-/m1/s1. The summed E-state index contributed by atoms with van der Waals surface area (Å²) in [7, 11) is 3.03. The van der Waals surface area contributed by atoms with Crippen LogP contribution in [0, 0.1) is 5.92 Å². The molecule has 1 N–H and O–H groups in total. The van der Waals surface area contributed by atoms with Crippen LogP contribution in [0.5, 0.6) is 11.5 Å². The van der Waals surface area contributed by atoms with Crippen molar-refractivity contribution < 1.29 is 19.1 Å². The second kappa shape index (κ2) is 9.25. The summed E-state index contributed by atoms with van der Waals surface area (Å²) in [6.45, 7) is 5.86. The van der Waals surface area contributed by atoms with Gasteiger partial charge in [-0.1, -0.05) is 30.6 Å². The van der Waals surface area contributed by atoms with Gasteiger partial charge < -0.3 is 19.6 Å². The van der Waals surface area contributed by atoms with E-state index in [0.717, 1.165) is 0 Å². The minimum atomic E-state index is -0.214. The molecule has 0 unspecified atom stereocenters. The number of nitrogens with zero attached hydrogens (tertiary/aromatic N) is 1. The van der Waals surface area contributed by atoms with Crippen LogP contribution in [0.1, 0.15) is 26.3 Å². The first-order chi connectivity index (χ1) is 10.9. The van der Waals surface area contributed by atoms with E-state index in [1.54, 1.807) is 12.1 Å². The quantitative estimate of drug-likeness (QED) is 0.582. The van der Waals surface area contributed by atoms with Crippen LogP contribution in [0.25, 0.3) is 0 Å². The van der Waals surface area contributed by atoms with Crippen LogP contribution >= 0.6 is 11.6 Å². The van der Waals surface area contributed by atoms with E-state index >= 15 is 0 Å². The molecule has 0 fully saturated rings. The van der Waals surface area contributed by atoms with Crippen LogP contribution in [-0.4, -0.2) is 39.0 Å². The van der Waals surface area contributed by atoms with Gasteiger partial charge in [0.2, 0.25) is 0 Å². The summed E-state index contributed by atoms with van der Waals surface area (Å²) in [6.07, 6.45) is 1.45. The van der Waals surface area contributed by atoms with Crippen molar-refractivity contribution >= 4 is 23.7 Å². The van der Waals surface area contributed by atoms with Gasteiger partial charge in [-0.2, -0.15) is 0 Å². The summed E-state index contributed by atoms with van der Waals surface area (Å²) >= 11 is 6.09. The van der Waals surface area contributed by atoms with Crippen LogP contribution in [0.3, 0.4) is 0 Å². The lowest BCUT2D eigenvalue weighted by Crippen LogP contribution is -2.38. The number of hydrogen-bond acceptors (Lipinski definition) is 5. The molecule has 0 aliphatic carbocycles. The number of halogens is 1. The second-order valence-corrected chi connectivity index (χ2v) is 5.75. The number of carbonyl (C=O) groups is 1. The van der Waals surface area contributed by atoms with Crippen LogP contribution in [0.2, 0.25) is 5.02 Å². The summed E-state index contributed by atoms with van der Waals surface area (Å²) in [5.41, 5.74) is 0.670. The third-order valence-corrected chi connectivity index (χ3v) is 3.60. The topological polar surface area (TPSA) is 69.2 Å². The largest absolute Gasteiger partial charge is 0.493 e. The maximum Gasteiger partial charge on any atom is 0.260 e. The maximum absolute atomic E-state index is 11.6. The highest BCUT2D eigenvalue weighted by molar-refractivity contribution is 6.32. The molecule has 1 amide bonds. The molecule has 1 atom stereocenters. The van der Waals surface area contributed by atoms with E-state index in [1.165, 1.54) is 20.4 Å². The average Bonchev–Trinajstić information content (AvgIpc) is 2.50. The monoisotopic (exact) mass is 342 g/mol. The number of benzene rings is 1. The zero-order valence-corrected chi connectivity index (χ0v) is 14.8. The zero-order valence-electron chi connectivity index (χ0n) is 14.1. The van der Waals surface area contributed by atoms with Crippen molar-refractivity contribution in [1.29, 1.82) is 0 Å². The first kappa shape index (κ1) is 19.1. The predicted octanol–water partition coefficient (Wildman–Crippen LogP) is 2.87. The summed E-state index contributed by atoms with van der Waals surface area (Å²) in [4.78, 5) is 16.6. The molecule has 1 aromatic carbocycles. The summed E-state index contributed by atoms with van der Waals surface area (Å²) in [5.74, 6) is 1.09. The Bertz CT molecular complexity index is 561. The van der Waals surface area contributed by atoms with Gasteiger partial charge in [-0.3, -0.25) is 4.79 Å². The van der Waals surface area contributed by atoms with E-state index in [-0.39, 0.29) is 18.6 Å². The molecule has 7 heteroatoms. The molecule has 0 aromatic heterocycles. The van der Waals surface area contributed by atoms with Gasteiger partial charge in [0.1, 0.15) is 0 Å². The Kier molecular flexibility index (Phi) is 7.68. The normalized spacial score (nSPS) is 12.3. The minimum Gasteiger partial charge on any atom is -0.493 e. The summed E-state index contributed by atoms with van der Waals surface area (Å²) in [6, 6.07) is 3.45. The van der Waals surface area contributed by atoms with Gasteiger partial charge >= 0.3 is 0 Å². The number of rotatable bonds is 8. The number of oxime groups is 1. The van der Waals surface area contributed by atoms with Crippen LogP contribution in [0.15, 0.2) is 17.3 Å². The molecule has 0 saturated heterocycles. The fourth-order valence-electron chi connectivity index (χ4n) is 1.67. The Balaban J connectivity index is 2.58. The van der Waals surface area contributed by atoms with Gasteiger partial charge in [0.25, 0.3) is 5.91 Å². The van der Waals surface area contributed by atoms with Gasteiger partial charge in [-0.15, -0.1) is 0 Å². The summed E-state index contributed by atoms with van der Waals surface area (Å²) in [5, 5.41) is 6.99. The van der Waals surface area contributed by atoms with E-state index in [2.05, 4.69) is 10.5 Å². The number of hydrogen-bond donors (Lipinski definition) is 1. The Labute approximate surface area is 141 Å². The Morgan fingerprint density at radius 1 is 1.30 bits per heavy atom. The van der Waals surface area contributed by atoms with Crippen LogP contribution in [-0.2, 0) is 9.63 Å². The molecule has 128 valence electrons. The third kappa shape index (κ3) is 5.98. The number of nitrogens with one attached hydrogen (secondary N) is 1. The first-order valence-corrected chi connectivity index (χ1v) is 7.63. The van der Waals surface area contributed by atoms with Crippen molar-refractivity contribution in [2.75, 3.05) is 20.8 Å². The molecule has 1 aromatic rings. The molecular weight excluding hydrogens is 320 g/mol. The predicted molar refractivity (Wildman–Crippen MR) is 90.5 cm³/mol. The molecule has 0 spiro atoms. The Morgan fingerprint density at radius 3 is 2.57 bits per heavy atom. The fourth-order valence-corrected chi connectivity index (χ4v) is 1.96. The molecule has 1 rings (SSSR count). The van der Waals surface area contributed by atoms with Crippen LogP contribution < -0.4 is 14.8 Å². The van der Waals surface area contributed by atoms with E-state index in [0.29, 0.717) is 28.0 Å². The molecule has 23 heavy (non-hydrogen) atoms. The highest BCUT2D eigenvalue weighted by Crippen LogP contribution is 2.35. The number of methoxy groups -OCH3 is 2. The van der Waals surface area contributed by atoms with E-state index in [4.69, 9.17) is 25.9 Å². The van der Waals surface area contributed by atoms with Gasteiger partial charge in [0.05, 0.1) is 25.5 Å². The lowest BCUT2D eigenvalue weighted by atomic mass is 10.1. The maximum atomic E-state index is 11.6. The van der Waals surface area contributed by atoms with Crippen LogP contribution in [0.4, 0.5) is 0 Å². The van der Waals surface area contributed by atoms with Crippen molar-refractivity contribution in [3.05, 3.63) is 22.7 Å². The highest BCUT2D eigenvalue weighted by atomic mass is 35.5. The highest BCUT2D eigenvalue weighted by Gasteiger charge is 2.11. The lowest BCUT2D eigenvalue weighted by Gasteiger charge is -2.16. The van der Waals surface area contributed by atoms with E-state index < -0.39 is 0 Å². The van der Waals surface area contributed by atoms with Crippen molar-refractivity contribution in [3.63, 3.8) is 0 Å².